The number of amides is 1. The molecule has 8 heteroatoms. The van der Waals surface area contributed by atoms with Crippen LogP contribution in [0, 0.1) is 11.3 Å². The van der Waals surface area contributed by atoms with Gasteiger partial charge in [-0.2, -0.15) is 5.26 Å². The van der Waals surface area contributed by atoms with Crippen LogP contribution in [0.5, 0.6) is 0 Å². The third kappa shape index (κ3) is 4.27. The molecule has 1 aromatic heterocycles. The van der Waals surface area contributed by atoms with E-state index in [0.29, 0.717) is 19.5 Å². The van der Waals surface area contributed by atoms with Gasteiger partial charge in [-0.3, -0.25) is 14.5 Å². The first-order valence-electron chi connectivity index (χ1n) is 7.85. The lowest BCUT2D eigenvalue weighted by molar-refractivity contribution is -0.220. The lowest BCUT2D eigenvalue weighted by Crippen LogP contribution is -2.53. The number of piperidine rings is 1. The second kappa shape index (κ2) is 7.53. The van der Waals surface area contributed by atoms with E-state index in [1.807, 2.05) is 30.4 Å². The molecular weight excluding hydrogens is 296 g/mol. The van der Waals surface area contributed by atoms with Gasteiger partial charge in [-0.25, -0.2) is 5.06 Å². The van der Waals surface area contributed by atoms with Crippen LogP contribution in [0.3, 0.4) is 0 Å². The normalized spacial score (nSPS) is 22.1. The number of carbonyl (C=O) groups excluding carboxylic acids is 1. The molecular formula is C15H24N6O2. The van der Waals surface area contributed by atoms with E-state index < -0.39 is 0 Å². The van der Waals surface area contributed by atoms with E-state index in [-0.39, 0.29) is 24.1 Å². The number of aromatic nitrogens is 3. The summed E-state index contributed by atoms with van der Waals surface area (Å²) in [4.78, 5) is 19.6. The van der Waals surface area contributed by atoms with Crippen LogP contribution in [-0.4, -0.2) is 55.4 Å². The monoisotopic (exact) mass is 320 g/mol. The van der Waals surface area contributed by atoms with Gasteiger partial charge in [0, 0.05) is 20.5 Å². The molecule has 1 aliphatic heterocycles. The smallest absolute Gasteiger partial charge is 0.243 e. The summed E-state index contributed by atoms with van der Waals surface area (Å²) >= 11 is 0. The van der Waals surface area contributed by atoms with E-state index in [1.165, 1.54) is 12.0 Å². The van der Waals surface area contributed by atoms with Crippen LogP contribution in [0.25, 0.3) is 0 Å². The van der Waals surface area contributed by atoms with Crippen molar-refractivity contribution in [1.29, 1.82) is 5.26 Å². The third-order valence-electron chi connectivity index (χ3n) is 3.92. The van der Waals surface area contributed by atoms with Gasteiger partial charge in [0.1, 0.15) is 12.2 Å². The van der Waals surface area contributed by atoms with Crippen molar-refractivity contribution >= 4 is 5.91 Å². The lowest BCUT2D eigenvalue weighted by Gasteiger charge is -2.40. The fourth-order valence-electron chi connectivity index (χ4n) is 2.81. The maximum Gasteiger partial charge on any atom is 0.243 e. The zero-order valence-corrected chi connectivity index (χ0v) is 14.1. The second-order valence-corrected chi connectivity index (χ2v) is 6.16. The number of aryl methyl sites for hydroxylation is 1. The first-order valence-corrected chi connectivity index (χ1v) is 7.85. The third-order valence-corrected chi connectivity index (χ3v) is 3.92. The zero-order chi connectivity index (χ0) is 17.0. The van der Waals surface area contributed by atoms with E-state index in [1.54, 1.807) is 6.33 Å². The van der Waals surface area contributed by atoms with Crippen molar-refractivity contribution in [3.05, 3.63) is 12.2 Å². The van der Waals surface area contributed by atoms with Gasteiger partial charge in [0.05, 0.1) is 30.8 Å². The number of hydrogen-bond acceptors (Lipinski definition) is 6. The Morgan fingerprint density at radius 1 is 1.57 bits per heavy atom. The van der Waals surface area contributed by atoms with Crippen molar-refractivity contribution in [3.8, 4) is 6.07 Å². The first kappa shape index (κ1) is 17.4. The van der Waals surface area contributed by atoms with Crippen LogP contribution in [0.1, 0.15) is 39.4 Å². The Hall–Kier alpha value is -1.98. The number of rotatable bonds is 5. The topological polar surface area (TPSA) is 87.3 Å². The summed E-state index contributed by atoms with van der Waals surface area (Å²) in [5, 5.41) is 18.8. The maximum atomic E-state index is 11.9. The Labute approximate surface area is 136 Å². The van der Waals surface area contributed by atoms with Crippen LogP contribution in [0.15, 0.2) is 6.33 Å². The van der Waals surface area contributed by atoms with Crippen LogP contribution < -0.4 is 0 Å². The van der Waals surface area contributed by atoms with E-state index in [4.69, 9.17) is 4.84 Å². The molecule has 2 rings (SSSR count). The Morgan fingerprint density at radius 3 is 2.83 bits per heavy atom. The molecule has 0 radical (unpaired) electrons. The highest BCUT2D eigenvalue weighted by molar-refractivity contribution is 5.72. The van der Waals surface area contributed by atoms with Crippen molar-refractivity contribution in [1.82, 2.24) is 24.7 Å². The van der Waals surface area contributed by atoms with Crippen LogP contribution in [0.2, 0.25) is 0 Å². The molecule has 1 aromatic rings. The van der Waals surface area contributed by atoms with E-state index in [0.717, 1.165) is 12.2 Å². The largest absolute Gasteiger partial charge is 0.320 e. The minimum atomic E-state index is -0.184. The fraction of sp³-hybridized carbons (Fsp3) is 0.733. The molecule has 0 aromatic carbocycles. The second-order valence-electron chi connectivity index (χ2n) is 6.16. The molecule has 0 spiro atoms. The van der Waals surface area contributed by atoms with Gasteiger partial charge in [-0.1, -0.05) is 0 Å². The quantitative estimate of drug-likeness (QED) is 0.748. The lowest BCUT2D eigenvalue weighted by atomic mass is 9.98. The van der Waals surface area contributed by atoms with E-state index in [9.17, 15) is 10.1 Å². The average molecular weight is 320 g/mol. The number of likely N-dealkylation sites (tertiary alicyclic amines) is 1. The van der Waals surface area contributed by atoms with E-state index in [2.05, 4.69) is 16.3 Å². The molecule has 8 nitrogen and oxygen atoms in total. The van der Waals surface area contributed by atoms with Gasteiger partial charge in [0.25, 0.3) is 0 Å². The minimum Gasteiger partial charge on any atom is -0.320 e. The number of hydroxylamine groups is 2. The summed E-state index contributed by atoms with van der Waals surface area (Å²) < 4.78 is 1.84. The highest BCUT2D eigenvalue weighted by Gasteiger charge is 2.34. The molecule has 0 unspecified atom stereocenters. The molecule has 2 atom stereocenters. The van der Waals surface area contributed by atoms with Crippen LogP contribution >= 0.6 is 0 Å². The summed E-state index contributed by atoms with van der Waals surface area (Å²) in [5.74, 6) is 0.683. The molecule has 0 aliphatic carbocycles. The van der Waals surface area contributed by atoms with Gasteiger partial charge in [0.2, 0.25) is 5.91 Å². The molecule has 0 saturated carbocycles. The summed E-state index contributed by atoms with van der Waals surface area (Å²) in [7, 11) is 1.88. The minimum absolute atomic E-state index is 0.0623. The predicted octanol–water partition coefficient (Wildman–Crippen LogP) is 0.860. The summed E-state index contributed by atoms with van der Waals surface area (Å²) in [5.41, 5.74) is 0. The van der Waals surface area contributed by atoms with Crippen molar-refractivity contribution in [2.75, 3.05) is 6.54 Å². The van der Waals surface area contributed by atoms with Crippen molar-refractivity contribution in [3.63, 3.8) is 0 Å². The number of hydrogen-bond donors (Lipinski definition) is 0. The van der Waals surface area contributed by atoms with Gasteiger partial charge >= 0.3 is 0 Å². The molecule has 23 heavy (non-hydrogen) atoms. The Morgan fingerprint density at radius 2 is 2.30 bits per heavy atom. The van der Waals surface area contributed by atoms with Gasteiger partial charge in [-0.05, 0) is 26.7 Å². The van der Waals surface area contributed by atoms with Gasteiger partial charge in [-0.15, -0.1) is 10.2 Å². The number of nitriles is 1. The number of carbonyl (C=O) groups is 1. The molecule has 1 aliphatic rings. The fourth-order valence-corrected chi connectivity index (χ4v) is 2.81. The highest BCUT2D eigenvalue weighted by Crippen LogP contribution is 2.23. The average Bonchev–Trinajstić information content (AvgIpc) is 2.89. The predicted molar refractivity (Wildman–Crippen MR) is 82.6 cm³/mol. The molecule has 126 valence electrons. The molecule has 1 amide bonds. The molecule has 0 N–H and O–H groups in total. The Balaban J connectivity index is 2.12. The van der Waals surface area contributed by atoms with Crippen molar-refractivity contribution < 1.29 is 9.63 Å². The standard InChI is InChI=1S/C15H24N6O2/c1-11(2)23-21(12(3)22)14-6-5-13(7-16)20(8-14)9-15-18-17-10-19(15)4/h10-11,13-14H,5-6,8-9H2,1-4H3/t13-,14+/m0/s1. The number of nitrogens with zero attached hydrogens (tertiary/aromatic N) is 6. The first-order chi connectivity index (χ1) is 10.9. The SMILES string of the molecule is CC(=O)N(OC(C)C)[C@@H]1CC[C@@H](C#N)N(Cc2nncn2C)C1. The van der Waals surface area contributed by atoms with Gasteiger partial charge < -0.3 is 4.57 Å². The zero-order valence-electron chi connectivity index (χ0n) is 14.1. The van der Waals surface area contributed by atoms with Crippen LogP contribution in [0.4, 0.5) is 0 Å². The van der Waals surface area contributed by atoms with E-state index >= 15 is 0 Å². The van der Waals surface area contributed by atoms with Crippen LogP contribution in [-0.2, 0) is 23.2 Å². The highest BCUT2D eigenvalue weighted by atomic mass is 16.7. The van der Waals surface area contributed by atoms with Gasteiger partial charge in [0.15, 0.2) is 0 Å². The van der Waals surface area contributed by atoms with Crippen molar-refractivity contribution in [2.24, 2.45) is 7.05 Å². The molecule has 2 heterocycles. The Kier molecular flexibility index (Phi) is 5.69. The Bertz CT molecular complexity index is 579. The molecule has 1 fully saturated rings. The summed E-state index contributed by atoms with van der Waals surface area (Å²) in [6, 6.07) is 2.09. The molecule has 1 saturated heterocycles. The summed E-state index contributed by atoms with van der Waals surface area (Å²) in [6.45, 7) is 6.41. The van der Waals surface area contributed by atoms with Crippen molar-refractivity contribution in [2.45, 2.75) is 58.3 Å². The molecule has 0 bridgehead atoms. The summed E-state index contributed by atoms with van der Waals surface area (Å²) in [6.07, 6.45) is 3.02. The maximum absolute atomic E-state index is 11.9.